The summed E-state index contributed by atoms with van der Waals surface area (Å²) in [5.41, 5.74) is -0.644. The predicted molar refractivity (Wildman–Crippen MR) is 120 cm³/mol. The van der Waals surface area contributed by atoms with Crippen LogP contribution in [0, 0.1) is 0 Å². The lowest BCUT2D eigenvalue weighted by atomic mass is 9.89. The van der Waals surface area contributed by atoms with E-state index in [0.717, 1.165) is 82.1 Å². The first-order valence-corrected chi connectivity index (χ1v) is 12.8. The number of amides is 4. The Hall–Kier alpha value is -1.50. The molecule has 1 heterocycles. The number of hydrogen-bond donors (Lipinski definition) is 2. The van der Waals surface area contributed by atoms with E-state index in [1.54, 1.807) is 0 Å². The first kappa shape index (κ1) is 22.7. The molecule has 4 rings (SSSR count). The van der Waals surface area contributed by atoms with E-state index in [9.17, 15) is 14.8 Å². The molecule has 0 aromatic carbocycles. The SMILES string of the molecule is CC1(C)[C@@H](N(O)C(=O)NC2CCCCC2)N(C2CCCCC2)C(=O)N1C1CCCCC1. The zero-order valence-corrected chi connectivity index (χ0v) is 19.5. The lowest BCUT2D eigenvalue weighted by molar-refractivity contribution is -0.143. The molecule has 3 saturated carbocycles. The second-order valence-electron chi connectivity index (χ2n) is 10.8. The Balaban J connectivity index is 1.58. The van der Waals surface area contributed by atoms with Gasteiger partial charge in [-0.15, -0.1) is 0 Å². The molecule has 2 N–H and O–H groups in total. The van der Waals surface area contributed by atoms with Crippen molar-refractivity contribution in [3.05, 3.63) is 0 Å². The van der Waals surface area contributed by atoms with Crippen LogP contribution in [0.5, 0.6) is 0 Å². The Morgan fingerprint density at radius 2 is 1.35 bits per heavy atom. The molecule has 1 atom stereocenters. The standard InChI is InChI=1S/C24H42N4O3/c1-24(2)21(28(31)22(29)25-18-12-6-3-7-13-18)26(19-14-8-4-9-15-19)23(30)27(24)20-16-10-5-11-17-20/h18-21,31H,3-17H2,1-2H3,(H,25,29)/t21-/m1/s1. The summed E-state index contributed by atoms with van der Waals surface area (Å²) in [7, 11) is 0. The lowest BCUT2D eigenvalue weighted by Gasteiger charge is -2.43. The summed E-state index contributed by atoms with van der Waals surface area (Å²) < 4.78 is 0. The fourth-order valence-corrected chi connectivity index (χ4v) is 6.64. The van der Waals surface area contributed by atoms with Crippen LogP contribution in [0.15, 0.2) is 0 Å². The Morgan fingerprint density at radius 3 is 1.90 bits per heavy atom. The highest BCUT2D eigenvalue weighted by molar-refractivity contribution is 5.82. The third-order valence-corrected chi connectivity index (χ3v) is 8.22. The number of carbonyl (C=O) groups excluding carboxylic acids is 2. The van der Waals surface area contributed by atoms with Crippen LogP contribution in [0.1, 0.15) is 110 Å². The van der Waals surface area contributed by atoms with Crippen molar-refractivity contribution >= 4 is 12.1 Å². The van der Waals surface area contributed by atoms with E-state index in [-0.39, 0.29) is 24.2 Å². The molecule has 0 unspecified atom stereocenters. The highest BCUT2D eigenvalue weighted by atomic mass is 16.5. The zero-order valence-electron chi connectivity index (χ0n) is 19.5. The Morgan fingerprint density at radius 1 is 0.871 bits per heavy atom. The normalized spacial score (nSPS) is 28.7. The predicted octanol–water partition coefficient (Wildman–Crippen LogP) is 5.23. The molecule has 0 aromatic rings. The van der Waals surface area contributed by atoms with Crippen molar-refractivity contribution in [3.63, 3.8) is 0 Å². The van der Waals surface area contributed by atoms with Gasteiger partial charge in [-0.25, -0.2) is 9.59 Å². The Bertz CT molecular complexity index is 637. The van der Waals surface area contributed by atoms with Crippen molar-refractivity contribution in [2.24, 2.45) is 0 Å². The van der Waals surface area contributed by atoms with Gasteiger partial charge in [-0.2, -0.15) is 5.06 Å². The van der Waals surface area contributed by atoms with Gasteiger partial charge in [0.1, 0.15) is 0 Å². The van der Waals surface area contributed by atoms with Crippen LogP contribution in [0.3, 0.4) is 0 Å². The van der Waals surface area contributed by atoms with Crippen molar-refractivity contribution in [2.45, 2.75) is 140 Å². The van der Waals surface area contributed by atoms with E-state index in [1.807, 2.05) is 23.6 Å². The second-order valence-corrected chi connectivity index (χ2v) is 10.8. The second kappa shape index (κ2) is 9.55. The average Bonchev–Trinajstić information content (AvgIpc) is 3.00. The number of rotatable bonds is 4. The molecule has 0 radical (unpaired) electrons. The molecular weight excluding hydrogens is 392 g/mol. The summed E-state index contributed by atoms with van der Waals surface area (Å²) in [5, 5.41) is 15.1. The maximum Gasteiger partial charge on any atom is 0.343 e. The summed E-state index contributed by atoms with van der Waals surface area (Å²) in [4.78, 5) is 30.8. The van der Waals surface area contributed by atoms with Crippen molar-refractivity contribution in [1.29, 1.82) is 0 Å². The number of hydroxylamine groups is 2. The zero-order chi connectivity index (χ0) is 22.0. The molecule has 0 bridgehead atoms. The maximum absolute atomic E-state index is 13.8. The van der Waals surface area contributed by atoms with Crippen LogP contribution in [0.4, 0.5) is 9.59 Å². The molecule has 1 saturated heterocycles. The molecule has 3 aliphatic carbocycles. The molecule has 0 spiro atoms. The third kappa shape index (κ3) is 4.53. The van der Waals surface area contributed by atoms with Crippen LogP contribution >= 0.6 is 0 Å². The molecule has 7 heteroatoms. The van der Waals surface area contributed by atoms with Crippen LogP contribution in [-0.4, -0.2) is 62.0 Å². The lowest BCUT2D eigenvalue weighted by Crippen LogP contribution is -2.62. The van der Waals surface area contributed by atoms with E-state index in [4.69, 9.17) is 0 Å². The molecule has 31 heavy (non-hydrogen) atoms. The van der Waals surface area contributed by atoms with Gasteiger partial charge in [0.2, 0.25) is 0 Å². The van der Waals surface area contributed by atoms with Crippen molar-refractivity contribution in [3.8, 4) is 0 Å². The molecule has 4 amide bonds. The summed E-state index contributed by atoms with van der Waals surface area (Å²) in [6, 6.07) is -0.0329. The van der Waals surface area contributed by atoms with Crippen LogP contribution in [0.25, 0.3) is 0 Å². The van der Waals surface area contributed by atoms with Gasteiger partial charge >= 0.3 is 12.1 Å². The van der Waals surface area contributed by atoms with Crippen molar-refractivity contribution in [1.82, 2.24) is 20.2 Å². The molecule has 7 nitrogen and oxygen atoms in total. The number of hydrogen-bond acceptors (Lipinski definition) is 3. The fraction of sp³-hybridized carbons (Fsp3) is 0.917. The average molecular weight is 435 g/mol. The van der Waals surface area contributed by atoms with E-state index >= 15 is 0 Å². The van der Waals surface area contributed by atoms with Crippen molar-refractivity contribution < 1.29 is 14.8 Å². The van der Waals surface area contributed by atoms with E-state index in [0.29, 0.717) is 0 Å². The van der Waals surface area contributed by atoms with Crippen LogP contribution in [-0.2, 0) is 0 Å². The van der Waals surface area contributed by atoms with Gasteiger partial charge < -0.3 is 10.2 Å². The highest BCUT2D eigenvalue weighted by Crippen LogP contribution is 2.42. The summed E-state index contributed by atoms with van der Waals surface area (Å²) >= 11 is 0. The van der Waals surface area contributed by atoms with E-state index in [1.165, 1.54) is 19.3 Å². The van der Waals surface area contributed by atoms with Gasteiger partial charge in [0.05, 0.1) is 5.54 Å². The van der Waals surface area contributed by atoms with Gasteiger partial charge in [-0.1, -0.05) is 57.8 Å². The van der Waals surface area contributed by atoms with E-state index < -0.39 is 17.7 Å². The van der Waals surface area contributed by atoms with Gasteiger partial charge in [0, 0.05) is 18.1 Å². The molecule has 4 fully saturated rings. The monoisotopic (exact) mass is 434 g/mol. The van der Waals surface area contributed by atoms with Crippen LogP contribution in [0.2, 0.25) is 0 Å². The highest BCUT2D eigenvalue weighted by Gasteiger charge is 2.58. The molecule has 4 aliphatic rings. The number of nitrogens with one attached hydrogen (secondary N) is 1. The molecular formula is C24H42N4O3. The summed E-state index contributed by atoms with van der Waals surface area (Å²) in [6.07, 6.45) is 15.6. The minimum atomic E-state index is -0.659. The molecule has 176 valence electrons. The first-order valence-electron chi connectivity index (χ1n) is 12.8. The third-order valence-electron chi connectivity index (χ3n) is 8.22. The van der Waals surface area contributed by atoms with Gasteiger partial charge in [-0.3, -0.25) is 10.1 Å². The Labute approximate surface area is 187 Å². The minimum Gasteiger partial charge on any atom is -0.333 e. The van der Waals surface area contributed by atoms with Crippen LogP contribution < -0.4 is 5.32 Å². The van der Waals surface area contributed by atoms with Gasteiger partial charge in [0.15, 0.2) is 6.17 Å². The van der Waals surface area contributed by atoms with Crippen molar-refractivity contribution in [2.75, 3.05) is 0 Å². The van der Waals surface area contributed by atoms with E-state index in [2.05, 4.69) is 5.32 Å². The topological polar surface area (TPSA) is 76.1 Å². The molecule has 1 aliphatic heterocycles. The van der Waals surface area contributed by atoms with Gasteiger partial charge in [-0.05, 0) is 52.4 Å². The summed E-state index contributed by atoms with van der Waals surface area (Å²) in [6.45, 7) is 4.06. The number of urea groups is 2. The van der Waals surface area contributed by atoms with Gasteiger partial charge in [0.25, 0.3) is 0 Å². The number of carbonyl (C=O) groups is 2. The first-order chi connectivity index (χ1) is 14.9. The summed E-state index contributed by atoms with van der Waals surface area (Å²) in [5.74, 6) is 0. The fourth-order valence-electron chi connectivity index (χ4n) is 6.64. The Kier molecular flexibility index (Phi) is 6.99. The largest absolute Gasteiger partial charge is 0.343 e. The number of nitrogens with zero attached hydrogens (tertiary/aromatic N) is 3. The minimum absolute atomic E-state index is 0.0123. The molecule has 0 aromatic heterocycles. The smallest absolute Gasteiger partial charge is 0.333 e. The maximum atomic E-state index is 13.8. The quantitative estimate of drug-likeness (QED) is 0.470.